The minimum Gasteiger partial charge on any atom is -0.490 e. The Morgan fingerprint density at radius 3 is 2.36 bits per heavy atom. The number of aryl methyl sites for hydroxylation is 1. The summed E-state index contributed by atoms with van der Waals surface area (Å²) in [5.74, 6) is -1.37. The lowest BCUT2D eigenvalue weighted by molar-refractivity contribution is -0.0513. The van der Waals surface area contributed by atoms with Gasteiger partial charge in [-0.25, -0.2) is 4.39 Å². The van der Waals surface area contributed by atoms with Crippen LogP contribution in [-0.4, -0.2) is 13.7 Å². The van der Waals surface area contributed by atoms with Gasteiger partial charge in [-0.1, -0.05) is 48.6 Å². The molecule has 0 aliphatic carbocycles. The zero-order valence-electron chi connectivity index (χ0n) is 15.7. The average molecular weight is 386 g/mol. The van der Waals surface area contributed by atoms with E-state index in [1.165, 1.54) is 18.7 Å². The van der Waals surface area contributed by atoms with E-state index in [1.54, 1.807) is 18.2 Å². The molecule has 0 atom stereocenters. The molecular formula is C23H21F3O2. The monoisotopic (exact) mass is 386 g/mol. The van der Waals surface area contributed by atoms with Crippen LogP contribution in [0.5, 0.6) is 11.5 Å². The highest BCUT2D eigenvalue weighted by Crippen LogP contribution is 2.38. The molecule has 28 heavy (non-hydrogen) atoms. The molecular weight excluding hydrogens is 365 g/mol. The summed E-state index contributed by atoms with van der Waals surface area (Å²) >= 11 is 0. The fourth-order valence-electron chi connectivity index (χ4n) is 3.15. The van der Waals surface area contributed by atoms with Gasteiger partial charge < -0.3 is 9.47 Å². The molecule has 3 aromatic carbocycles. The first kappa shape index (κ1) is 19.8. The van der Waals surface area contributed by atoms with Gasteiger partial charge in [0.15, 0.2) is 17.3 Å². The van der Waals surface area contributed by atoms with Crippen LogP contribution >= 0.6 is 0 Å². The summed E-state index contributed by atoms with van der Waals surface area (Å²) in [6.07, 6.45) is 6.10. The first-order valence-electron chi connectivity index (χ1n) is 8.99. The van der Waals surface area contributed by atoms with Gasteiger partial charge in [0, 0.05) is 5.39 Å². The topological polar surface area (TPSA) is 18.5 Å². The molecule has 2 nitrogen and oxygen atoms in total. The van der Waals surface area contributed by atoms with Crippen LogP contribution in [0.15, 0.2) is 60.7 Å². The van der Waals surface area contributed by atoms with E-state index in [1.807, 2.05) is 25.1 Å². The lowest BCUT2D eigenvalue weighted by atomic mass is 9.98. The van der Waals surface area contributed by atoms with E-state index in [0.29, 0.717) is 5.39 Å². The number of hydrogen-bond acceptors (Lipinski definition) is 2. The van der Waals surface area contributed by atoms with E-state index < -0.39 is 12.4 Å². The van der Waals surface area contributed by atoms with Crippen molar-refractivity contribution >= 4 is 10.8 Å². The quantitative estimate of drug-likeness (QED) is 0.418. The van der Waals surface area contributed by atoms with Gasteiger partial charge in [0.05, 0.1) is 7.11 Å². The molecule has 0 unspecified atom stereocenters. The maximum absolute atomic E-state index is 14.7. The third kappa shape index (κ3) is 4.30. The van der Waals surface area contributed by atoms with Crippen LogP contribution in [-0.2, 0) is 6.42 Å². The van der Waals surface area contributed by atoms with Crippen LogP contribution in [0, 0.1) is 5.82 Å². The Hall–Kier alpha value is -2.95. The molecule has 0 spiro atoms. The molecule has 0 aromatic heterocycles. The number of hydrogen-bond donors (Lipinski definition) is 0. The Morgan fingerprint density at radius 2 is 1.71 bits per heavy atom. The standard InChI is InChI=1S/C23H21F3O2/c1-3-4-5-6-15-7-9-16(10-8-15)17-11-12-19-18(13-17)14-20(28-23(25)26)22(27-2)21(19)24/h3-4,7-14,23H,5-6H2,1-2H3/b4-3+. The summed E-state index contributed by atoms with van der Waals surface area (Å²) in [7, 11) is 1.22. The first-order valence-corrected chi connectivity index (χ1v) is 8.99. The van der Waals surface area contributed by atoms with Gasteiger partial charge in [-0.05, 0) is 54.0 Å². The van der Waals surface area contributed by atoms with Crippen molar-refractivity contribution in [2.75, 3.05) is 7.11 Å². The van der Waals surface area contributed by atoms with Gasteiger partial charge in [0.25, 0.3) is 0 Å². The van der Waals surface area contributed by atoms with Crippen LogP contribution in [0.2, 0.25) is 0 Å². The van der Waals surface area contributed by atoms with Crippen LogP contribution < -0.4 is 9.47 Å². The average Bonchev–Trinajstić information content (AvgIpc) is 2.68. The predicted molar refractivity (Wildman–Crippen MR) is 106 cm³/mol. The van der Waals surface area contributed by atoms with Crippen molar-refractivity contribution in [3.05, 3.63) is 72.1 Å². The number of allylic oxidation sites excluding steroid dienone is 2. The summed E-state index contributed by atoms with van der Waals surface area (Å²) in [6, 6.07) is 14.7. The smallest absolute Gasteiger partial charge is 0.387 e. The molecule has 0 fully saturated rings. The van der Waals surface area contributed by atoms with Crippen molar-refractivity contribution in [2.45, 2.75) is 26.4 Å². The van der Waals surface area contributed by atoms with Gasteiger partial charge in [-0.15, -0.1) is 0 Å². The number of alkyl halides is 2. The van der Waals surface area contributed by atoms with Crippen molar-refractivity contribution in [3.8, 4) is 22.6 Å². The second kappa shape index (κ2) is 8.83. The SMILES string of the molecule is C/C=C/CCc1ccc(-c2ccc3c(F)c(OC)c(OC(F)F)cc3c2)cc1. The van der Waals surface area contributed by atoms with Gasteiger partial charge >= 0.3 is 6.61 Å². The van der Waals surface area contributed by atoms with Gasteiger partial charge in [-0.3, -0.25) is 0 Å². The lowest BCUT2D eigenvalue weighted by Crippen LogP contribution is -2.04. The summed E-state index contributed by atoms with van der Waals surface area (Å²) in [6.45, 7) is -1.07. The third-order valence-corrected chi connectivity index (χ3v) is 4.54. The zero-order chi connectivity index (χ0) is 20.1. The maximum atomic E-state index is 14.7. The number of benzene rings is 3. The Labute approximate surface area is 162 Å². The normalized spacial score (nSPS) is 11.5. The highest BCUT2D eigenvalue weighted by atomic mass is 19.3. The molecule has 3 rings (SSSR count). The number of methoxy groups -OCH3 is 1. The van der Waals surface area contributed by atoms with Crippen molar-refractivity contribution in [1.29, 1.82) is 0 Å². The summed E-state index contributed by atoms with van der Waals surface area (Å²) < 4.78 is 49.3. The minimum absolute atomic E-state index is 0.283. The van der Waals surface area contributed by atoms with E-state index in [9.17, 15) is 13.2 Å². The second-order valence-corrected chi connectivity index (χ2v) is 6.34. The number of halogens is 3. The van der Waals surface area contributed by atoms with Gasteiger partial charge in [0.1, 0.15) is 0 Å². The fourth-order valence-corrected chi connectivity index (χ4v) is 3.15. The summed E-state index contributed by atoms with van der Waals surface area (Å²) in [5, 5.41) is 0.744. The van der Waals surface area contributed by atoms with E-state index in [0.717, 1.165) is 24.0 Å². The van der Waals surface area contributed by atoms with Crippen LogP contribution in [0.3, 0.4) is 0 Å². The Morgan fingerprint density at radius 1 is 1.00 bits per heavy atom. The first-order chi connectivity index (χ1) is 13.5. The summed E-state index contributed by atoms with van der Waals surface area (Å²) in [5.41, 5.74) is 3.05. The summed E-state index contributed by atoms with van der Waals surface area (Å²) in [4.78, 5) is 0. The van der Waals surface area contributed by atoms with Crippen molar-refractivity contribution in [3.63, 3.8) is 0 Å². The molecule has 0 radical (unpaired) electrons. The molecule has 0 amide bonds. The molecule has 3 aromatic rings. The van der Waals surface area contributed by atoms with Crippen LogP contribution in [0.1, 0.15) is 18.9 Å². The Kier molecular flexibility index (Phi) is 6.24. The predicted octanol–water partition coefficient (Wildman–Crippen LogP) is 6.76. The highest BCUT2D eigenvalue weighted by molar-refractivity contribution is 5.90. The fraction of sp³-hybridized carbons (Fsp3) is 0.217. The number of fused-ring (bicyclic) bond motifs is 1. The second-order valence-electron chi connectivity index (χ2n) is 6.34. The minimum atomic E-state index is -3.07. The van der Waals surface area contributed by atoms with Crippen molar-refractivity contribution in [1.82, 2.24) is 0 Å². The van der Waals surface area contributed by atoms with Crippen LogP contribution in [0.25, 0.3) is 21.9 Å². The molecule has 0 N–H and O–H groups in total. The molecule has 5 heteroatoms. The molecule has 0 bridgehead atoms. The molecule has 146 valence electrons. The van der Waals surface area contributed by atoms with Gasteiger partial charge in [-0.2, -0.15) is 8.78 Å². The number of ether oxygens (including phenoxy) is 2. The van der Waals surface area contributed by atoms with Crippen LogP contribution in [0.4, 0.5) is 13.2 Å². The molecule has 0 aliphatic heterocycles. The van der Waals surface area contributed by atoms with Crippen molar-refractivity contribution < 1.29 is 22.6 Å². The zero-order valence-corrected chi connectivity index (χ0v) is 15.7. The van der Waals surface area contributed by atoms with Gasteiger partial charge in [0.2, 0.25) is 0 Å². The van der Waals surface area contributed by atoms with E-state index >= 15 is 0 Å². The van der Waals surface area contributed by atoms with E-state index in [4.69, 9.17) is 4.74 Å². The largest absolute Gasteiger partial charge is 0.490 e. The van der Waals surface area contributed by atoms with E-state index in [2.05, 4.69) is 22.9 Å². The molecule has 0 aliphatic rings. The van der Waals surface area contributed by atoms with E-state index in [-0.39, 0.29) is 16.9 Å². The Bertz CT molecular complexity index is 979. The maximum Gasteiger partial charge on any atom is 0.387 e. The molecule has 0 saturated carbocycles. The molecule has 0 heterocycles. The Balaban J connectivity index is 1.97. The number of rotatable bonds is 7. The third-order valence-electron chi connectivity index (χ3n) is 4.54. The molecule has 0 saturated heterocycles. The van der Waals surface area contributed by atoms with Crippen molar-refractivity contribution in [2.24, 2.45) is 0 Å². The highest BCUT2D eigenvalue weighted by Gasteiger charge is 2.18. The lowest BCUT2D eigenvalue weighted by Gasteiger charge is -2.13.